The molecule has 5 aromatic rings. The number of nitrogens with zero attached hydrogens (tertiary/aromatic N) is 5. The zero-order chi connectivity index (χ0) is 29.8. The van der Waals surface area contributed by atoms with Gasteiger partial charge in [0.15, 0.2) is 11.6 Å². The normalized spacial score (nSPS) is 13.7. The van der Waals surface area contributed by atoms with Crippen LogP contribution in [0.3, 0.4) is 0 Å². The van der Waals surface area contributed by atoms with Crippen LogP contribution in [-0.4, -0.2) is 43.7 Å². The van der Waals surface area contributed by atoms with Crippen molar-refractivity contribution in [2.24, 2.45) is 5.73 Å². The largest absolute Gasteiger partial charge is 0.496 e. The van der Waals surface area contributed by atoms with Crippen molar-refractivity contribution in [3.63, 3.8) is 0 Å². The highest BCUT2D eigenvalue weighted by Crippen LogP contribution is 2.45. The number of hydrogen-bond acceptors (Lipinski definition) is 8. The summed E-state index contributed by atoms with van der Waals surface area (Å²) < 4.78 is 41.4. The molecular weight excluding hydrogens is 548 g/mol. The molecular formula is C29H25F2N7O4. The maximum atomic E-state index is 16.0. The van der Waals surface area contributed by atoms with Crippen molar-refractivity contribution in [3.05, 3.63) is 94.0 Å². The number of benzene rings is 2. The lowest BCUT2D eigenvalue weighted by Gasteiger charge is -2.17. The average molecular weight is 574 g/mol. The number of methoxy groups -OCH3 is 1. The maximum absolute atomic E-state index is 16.0. The summed E-state index contributed by atoms with van der Waals surface area (Å²) in [6, 6.07) is 8.58. The van der Waals surface area contributed by atoms with Crippen LogP contribution in [0, 0.1) is 25.5 Å². The van der Waals surface area contributed by atoms with Gasteiger partial charge < -0.3 is 20.3 Å². The number of primary amides is 1. The predicted molar refractivity (Wildman–Crippen MR) is 145 cm³/mol. The first kappa shape index (κ1) is 27.0. The number of aromatic nitrogens is 5. The van der Waals surface area contributed by atoms with Gasteiger partial charge in [0, 0.05) is 12.0 Å². The number of ether oxygens (including phenoxy) is 1. The molecule has 1 aliphatic rings. The smallest absolute Gasteiger partial charge is 0.255 e. The van der Waals surface area contributed by atoms with Crippen molar-refractivity contribution < 1.29 is 27.6 Å². The summed E-state index contributed by atoms with van der Waals surface area (Å²) in [7, 11) is 1.46. The Bertz CT molecular complexity index is 1880. The molecule has 0 atom stereocenters. The first-order valence-electron chi connectivity index (χ1n) is 13.0. The Morgan fingerprint density at radius 1 is 1.17 bits per heavy atom. The summed E-state index contributed by atoms with van der Waals surface area (Å²) in [6.07, 6.45) is 2.55. The van der Waals surface area contributed by atoms with Crippen LogP contribution in [0.4, 0.5) is 8.78 Å². The summed E-state index contributed by atoms with van der Waals surface area (Å²) in [5.41, 5.74) is 6.67. The number of halogens is 2. The van der Waals surface area contributed by atoms with Crippen LogP contribution >= 0.6 is 0 Å². The van der Waals surface area contributed by atoms with Crippen LogP contribution in [0.5, 0.6) is 5.75 Å². The fourth-order valence-corrected chi connectivity index (χ4v) is 4.95. The van der Waals surface area contributed by atoms with Crippen molar-refractivity contribution in [2.45, 2.75) is 38.6 Å². The number of carbonyl (C=O) groups is 2. The van der Waals surface area contributed by atoms with E-state index in [0.717, 1.165) is 10.1 Å². The molecule has 3 heterocycles. The highest BCUT2D eigenvalue weighted by molar-refractivity contribution is 6.05. The molecule has 0 saturated heterocycles. The van der Waals surface area contributed by atoms with Gasteiger partial charge in [0.25, 0.3) is 17.7 Å². The topological polar surface area (TPSA) is 151 Å². The van der Waals surface area contributed by atoms with Crippen molar-refractivity contribution >= 4 is 17.3 Å². The van der Waals surface area contributed by atoms with Gasteiger partial charge >= 0.3 is 0 Å². The lowest BCUT2D eigenvalue weighted by Crippen LogP contribution is -2.35. The maximum Gasteiger partial charge on any atom is 0.255 e. The number of carbonyl (C=O) groups excluding carboxylic acids is 2. The zero-order valence-electron chi connectivity index (χ0n) is 22.9. The SMILES string of the molecule is COc1cc(C)c(Cc2ncn3nc(-c4ccc(F)cc4)c(C(N)=O)c3c2F)cc1C(=O)NC1(c2nc(C)no2)CC1. The predicted octanol–water partition coefficient (Wildman–Crippen LogP) is 3.79. The van der Waals surface area contributed by atoms with E-state index in [4.69, 9.17) is 15.0 Å². The van der Waals surface area contributed by atoms with E-state index in [9.17, 15) is 14.0 Å². The third kappa shape index (κ3) is 4.62. The van der Waals surface area contributed by atoms with E-state index in [1.54, 1.807) is 26.0 Å². The van der Waals surface area contributed by atoms with E-state index in [-0.39, 0.29) is 34.5 Å². The first-order valence-corrected chi connectivity index (χ1v) is 13.0. The molecule has 13 heteroatoms. The highest BCUT2D eigenvalue weighted by atomic mass is 19.1. The standard InChI is InChI=1S/C29H25F2N7O4/c1-14-10-21(41-3)19(27(40)35-29(8-9-29)28-34-15(2)37-42-28)11-17(14)12-20-23(31)25-22(26(32)39)24(36-38(25)13-33-20)16-4-6-18(30)7-5-16/h4-7,10-11,13H,8-9,12H2,1-3H3,(H2,32,39)(H,35,40). The Hall–Kier alpha value is -5.20. The Balaban J connectivity index is 1.37. The molecule has 1 aliphatic carbocycles. The van der Waals surface area contributed by atoms with Gasteiger partial charge in [-0.3, -0.25) is 9.59 Å². The average Bonchev–Trinajstić information content (AvgIpc) is 3.41. The molecule has 0 spiro atoms. The van der Waals surface area contributed by atoms with Gasteiger partial charge in [0.2, 0.25) is 0 Å². The molecule has 214 valence electrons. The second kappa shape index (κ2) is 10.0. The number of aryl methyl sites for hydroxylation is 2. The van der Waals surface area contributed by atoms with E-state index in [1.807, 2.05) is 0 Å². The third-order valence-electron chi connectivity index (χ3n) is 7.36. The van der Waals surface area contributed by atoms with Gasteiger partial charge in [0.1, 0.15) is 34.6 Å². The van der Waals surface area contributed by atoms with Gasteiger partial charge in [0.05, 0.1) is 23.9 Å². The summed E-state index contributed by atoms with van der Waals surface area (Å²) in [4.78, 5) is 34.4. The van der Waals surface area contributed by atoms with Gasteiger partial charge in [-0.25, -0.2) is 18.3 Å². The third-order valence-corrected chi connectivity index (χ3v) is 7.36. The van der Waals surface area contributed by atoms with E-state index in [1.165, 1.54) is 37.7 Å². The fraction of sp³-hybridized carbons (Fsp3) is 0.241. The molecule has 11 nitrogen and oxygen atoms in total. The zero-order valence-corrected chi connectivity index (χ0v) is 22.9. The minimum absolute atomic E-state index is 0.00943. The summed E-state index contributed by atoms with van der Waals surface area (Å²) in [5, 5.41) is 11.1. The molecule has 2 amide bonds. The summed E-state index contributed by atoms with van der Waals surface area (Å²) >= 11 is 0. The summed E-state index contributed by atoms with van der Waals surface area (Å²) in [6.45, 7) is 3.50. The molecule has 1 fully saturated rings. The Morgan fingerprint density at radius 2 is 1.90 bits per heavy atom. The van der Waals surface area contributed by atoms with Gasteiger partial charge in [-0.2, -0.15) is 10.1 Å². The second-order valence-electron chi connectivity index (χ2n) is 10.2. The summed E-state index contributed by atoms with van der Waals surface area (Å²) in [5.74, 6) is -1.44. The van der Waals surface area contributed by atoms with Crippen LogP contribution in [0.25, 0.3) is 16.8 Å². The van der Waals surface area contributed by atoms with Crippen LogP contribution in [0.2, 0.25) is 0 Å². The molecule has 3 aromatic heterocycles. The number of nitrogens with two attached hydrogens (primary N) is 1. The molecule has 0 bridgehead atoms. The lowest BCUT2D eigenvalue weighted by molar-refractivity contribution is 0.0916. The van der Waals surface area contributed by atoms with Gasteiger partial charge in [-0.05, 0) is 74.2 Å². The Kier molecular flexibility index (Phi) is 6.44. The number of fused-ring (bicyclic) bond motifs is 1. The second-order valence-corrected chi connectivity index (χ2v) is 10.2. The minimum Gasteiger partial charge on any atom is -0.496 e. The molecule has 0 radical (unpaired) electrons. The fourth-order valence-electron chi connectivity index (χ4n) is 4.95. The minimum atomic E-state index is -0.898. The van der Waals surface area contributed by atoms with E-state index in [2.05, 4.69) is 25.5 Å². The molecule has 0 aliphatic heterocycles. The van der Waals surface area contributed by atoms with Crippen molar-refractivity contribution in [1.82, 2.24) is 30.1 Å². The molecule has 0 unspecified atom stereocenters. The highest BCUT2D eigenvalue weighted by Gasteiger charge is 2.51. The molecule has 2 aromatic carbocycles. The molecule has 3 N–H and O–H groups in total. The Labute approximate surface area is 237 Å². The van der Waals surface area contributed by atoms with Crippen LogP contribution in [-0.2, 0) is 12.0 Å². The number of amides is 2. The van der Waals surface area contributed by atoms with E-state index >= 15 is 4.39 Å². The molecule has 6 rings (SSSR count). The van der Waals surface area contributed by atoms with Crippen LogP contribution in [0.1, 0.15) is 62.1 Å². The molecule has 42 heavy (non-hydrogen) atoms. The first-order chi connectivity index (χ1) is 20.1. The number of hydrogen-bond donors (Lipinski definition) is 2. The van der Waals surface area contributed by atoms with E-state index in [0.29, 0.717) is 41.4 Å². The van der Waals surface area contributed by atoms with Crippen molar-refractivity contribution in [2.75, 3.05) is 7.11 Å². The monoisotopic (exact) mass is 573 g/mol. The quantitative estimate of drug-likeness (QED) is 0.285. The van der Waals surface area contributed by atoms with Crippen molar-refractivity contribution in [3.8, 4) is 17.0 Å². The van der Waals surface area contributed by atoms with Crippen LogP contribution < -0.4 is 15.8 Å². The molecule has 1 saturated carbocycles. The van der Waals surface area contributed by atoms with Crippen molar-refractivity contribution in [1.29, 1.82) is 0 Å². The van der Waals surface area contributed by atoms with E-state index < -0.39 is 29.0 Å². The lowest BCUT2D eigenvalue weighted by atomic mass is 9.98. The number of rotatable bonds is 8. The van der Waals surface area contributed by atoms with Crippen LogP contribution in [0.15, 0.2) is 47.2 Å². The Morgan fingerprint density at radius 3 is 2.52 bits per heavy atom. The van der Waals surface area contributed by atoms with Gasteiger partial charge in [-0.15, -0.1) is 0 Å². The van der Waals surface area contributed by atoms with Gasteiger partial charge in [-0.1, -0.05) is 5.16 Å². The number of nitrogens with one attached hydrogen (secondary N) is 1.